The Morgan fingerprint density at radius 3 is 1.25 bits per heavy atom. The molecule has 63 heavy (non-hydrogen) atoms. The molecule has 0 N–H and O–H groups in total. The first kappa shape index (κ1) is 36.8. The van der Waals surface area contributed by atoms with Crippen LogP contribution in [0.15, 0.2) is 255 Å². The zero-order valence-corrected chi connectivity index (χ0v) is 35.6. The molecule has 0 saturated heterocycles. The summed E-state index contributed by atoms with van der Waals surface area (Å²) in [6, 6.07) is 94.4. The van der Waals surface area contributed by atoms with Gasteiger partial charge in [0, 0.05) is 27.1 Å². The fraction of sp³-hybridized carbons (Fsp3) is 0. The summed E-state index contributed by atoms with van der Waals surface area (Å²) < 4.78 is 5.16. The standard InChI is InChI=1S/C60H42N2Si/c1-6-22-43(23-7-1)45-40-41-49(44-24-8-2-9-25-44)57(42-45)62-55-37-19-16-32-50(55)52-34-20-38-56(59(52)62)61-54-36-18-17-33-51(54)53-35-21-39-58(60(53)61)63(46-26-10-3-11-27-46,47-28-12-4-13-29-47)48-30-14-5-15-31-48/h1-42H. The van der Waals surface area contributed by atoms with Gasteiger partial charge < -0.3 is 9.13 Å². The van der Waals surface area contributed by atoms with Crippen LogP contribution in [0.3, 0.4) is 0 Å². The smallest absolute Gasteiger partial charge is 0.181 e. The van der Waals surface area contributed by atoms with Crippen LogP contribution in [0.25, 0.3) is 77.2 Å². The first-order valence-electron chi connectivity index (χ1n) is 21.8. The van der Waals surface area contributed by atoms with Gasteiger partial charge in [0.25, 0.3) is 0 Å². The van der Waals surface area contributed by atoms with E-state index in [9.17, 15) is 0 Å². The van der Waals surface area contributed by atoms with Crippen molar-refractivity contribution in [3.63, 3.8) is 0 Å². The van der Waals surface area contributed by atoms with Crippen LogP contribution < -0.4 is 20.7 Å². The normalized spacial score (nSPS) is 11.8. The molecule has 296 valence electrons. The van der Waals surface area contributed by atoms with Crippen molar-refractivity contribution < 1.29 is 0 Å². The zero-order valence-electron chi connectivity index (χ0n) is 34.6. The molecule has 0 bridgehead atoms. The van der Waals surface area contributed by atoms with Crippen molar-refractivity contribution in [2.75, 3.05) is 0 Å². The maximum Gasteiger partial charge on any atom is 0.181 e. The quantitative estimate of drug-likeness (QED) is 0.107. The summed E-state index contributed by atoms with van der Waals surface area (Å²) in [5.74, 6) is 0. The van der Waals surface area contributed by atoms with Crippen LogP contribution in [-0.2, 0) is 0 Å². The second-order valence-electron chi connectivity index (χ2n) is 16.4. The predicted octanol–water partition coefficient (Wildman–Crippen LogP) is 12.6. The summed E-state index contributed by atoms with van der Waals surface area (Å²) in [7, 11) is -2.99. The lowest BCUT2D eigenvalue weighted by Crippen LogP contribution is -2.75. The van der Waals surface area contributed by atoms with Crippen molar-refractivity contribution >= 4 is 72.4 Å². The molecule has 0 aliphatic rings. The summed E-state index contributed by atoms with van der Waals surface area (Å²) >= 11 is 0. The van der Waals surface area contributed by atoms with E-state index in [0.717, 1.165) is 11.4 Å². The van der Waals surface area contributed by atoms with Crippen LogP contribution >= 0.6 is 0 Å². The van der Waals surface area contributed by atoms with E-state index in [1.807, 2.05) is 0 Å². The number of benzene rings is 10. The second kappa shape index (κ2) is 15.2. The van der Waals surface area contributed by atoms with E-state index in [0.29, 0.717) is 0 Å². The molecule has 0 fully saturated rings. The van der Waals surface area contributed by atoms with E-state index in [2.05, 4.69) is 264 Å². The molecule has 2 nitrogen and oxygen atoms in total. The molecule has 0 amide bonds. The molecule has 0 unspecified atom stereocenters. The summed E-state index contributed by atoms with van der Waals surface area (Å²) in [5.41, 5.74) is 11.8. The summed E-state index contributed by atoms with van der Waals surface area (Å²) in [4.78, 5) is 0. The van der Waals surface area contributed by atoms with Gasteiger partial charge in [0.05, 0.1) is 33.4 Å². The molecule has 12 aromatic rings. The largest absolute Gasteiger partial charge is 0.307 e. The second-order valence-corrected chi connectivity index (χ2v) is 20.2. The highest BCUT2D eigenvalue weighted by atomic mass is 28.3. The van der Waals surface area contributed by atoms with E-state index in [1.165, 1.54) is 86.6 Å². The van der Waals surface area contributed by atoms with Crippen LogP contribution in [0.4, 0.5) is 0 Å². The monoisotopic (exact) mass is 818 g/mol. The van der Waals surface area contributed by atoms with Crippen LogP contribution in [0.1, 0.15) is 0 Å². The molecule has 0 saturated carbocycles. The van der Waals surface area contributed by atoms with Gasteiger partial charge in [0.15, 0.2) is 8.07 Å². The number of fused-ring (bicyclic) bond motifs is 6. The van der Waals surface area contributed by atoms with Crippen LogP contribution in [0, 0.1) is 0 Å². The van der Waals surface area contributed by atoms with Crippen molar-refractivity contribution in [3.8, 4) is 33.6 Å². The average Bonchev–Trinajstić information content (AvgIpc) is 3.89. The molecule has 0 aliphatic heterocycles. The molecule has 3 heteroatoms. The lowest BCUT2D eigenvalue weighted by molar-refractivity contribution is 1.13. The first-order valence-corrected chi connectivity index (χ1v) is 23.8. The Morgan fingerprint density at radius 2 is 0.698 bits per heavy atom. The Bertz CT molecular complexity index is 3500. The highest BCUT2D eigenvalue weighted by molar-refractivity contribution is 7.20. The molecule has 12 rings (SSSR count). The molecule has 0 atom stereocenters. The van der Waals surface area contributed by atoms with Gasteiger partial charge in [-0.1, -0.05) is 231 Å². The van der Waals surface area contributed by atoms with E-state index in [1.54, 1.807) is 0 Å². The predicted molar refractivity (Wildman–Crippen MR) is 270 cm³/mol. The van der Waals surface area contributed by atoms with Crippen LogP contribution in [0.2, 0.25) is 0 Å². The number of hydrogen-bond acceptors (Lipinski definition) is 0. The minimum atomic E-state index is -2.99. The topological polar surface area (TPSA) is 9.86 Å². The SMILES string of the molecule is c1ccc(-c2ccc(-c3ccccc3)c(-n3c4ccccc4c4cccc(-n5c6ccccc6c6cccc([Si](c7ccccc7)(c7ccccc7)c7ccccc7)c65)c43)c2)cc1. The van der Waals surface area contributed by atoms with Crippen molar-refractivity contribution in [1.82, 2.24) is 9.13 Å². The molecular weight excluding hydrogens is 777 g/mol. The minimum absolute atomic E-state index is 1.14. The van der Waals surface area contributed by atoms with E-state index in [-0.39, 0.29) is 0 Å². The maximum absolute atomic E-state index is 2.99. The van der Waals surface area contributed by atoms with Gasteiger partial charge in [0.1, 0.15) is 0 Å². The van der Waals surface area contributed by atoms with Gasteiger partial charge in [-0.3, -0.25) is 0 Å². The Morgan fingerprint density at radius 1 is 0.270 bits per heavy atom. The van der Waals surface area contributed by atoms with Crippen molar-refractivity contribution in [2.45, 2.75) is 0 Å². The lowest BCUT2D eigenvalue weighted by Gasteiger charge is -2.35. The Balaban J connectivity index is 1.27. The molecule has 0 radical (unpaired) electrons. The molecule has 0 aliphatic carbocycles. The van der Waals surface area contributed by atoms with Crippen molar-refractivity contribution in [1.29, 1.82) is 0 Å². The molecule has 2 aromatic heterocycles. The van der Waals surface area contributed by atoms with Crippen molar-refractivity contribution in [2.24, 2.45) is 0 Å². The van der Waals surface area contributed by atoms with Gasteiger partial charge in [-0.05, 0) is 61.7 Å². The van der Waals surface area contributed by atoms with Gasteiger partial charge in [-0.15, -0.1) is 0 Å². The zero-order chi connectivity index (χ0) is 41.7. The van der Waals surface area contributed by atoms with E-state index >= 15 is 0 Å². The lowest BCUT2D eigenvalue weighted by atomic mass is 9.98. The first-order chi connectivity index (χ1) is 31.3. The Hall–Kier alpha value is -7.98. The molecule has 2 heterocycles. The van der Waals surface area contributed by atoms with E-state index in [4.69, 9.17) is 0 Å². The third-order valence-electron chi connectivity index (χ3n) is 13.1. The molecular formula is C60H42N2Si. The Labute approximate surface area is 368 Å². The fourth-order valence-electron chi connectivity index (χ4n) is 10.4. The summed E-state index contributed by atoms with van der Waals surface area (Å²) in [6.07, 6.45) is 0. The van der Waals surface area contributed by atoms with Crippen LogP contribution in [-0.4, -0.2) is 17.2 Å². The third kappa shape index (κ3) is 5.78. The maximum atomic E-state index is 2.61. The molecule has 0 spiro atoms. The fourth-order valence-corrected chi connectivity index (χ4v) is 15.4. The Kier molecular flexibility index (Phi) is 8.87. The number of rotatable bonds is 8. The number of para-hydroxylation sites is 4. The van der Waals surface area contributed by atoms with Gasteiger partial charge in [-0.25, -0.2) is 0 Å². The average molecular weight is 819 g/mol. The molecule has 10 aromatic carbocycles. The highest BCUT2D eigenvalue weighted by Crippen LogP contribution is 2.42. The van der Waals surface area contributed by atoms with Gasteiger partial charge in [-0.2, -0.15) is 0 Å². The number of hydrogen-bond donors (Lipinski definition) is 0. The van der Waals surface area contributed by atoms with Crippen molar-refractivity contribution in [3.05, 3.63) is 255 Å². The highest BCUT2D eigenvalue weighted by Gasteiger charge is 2.43. The summed E-state index contributed by atoms with van der Waals surface area (Å²) in [5, 5.41) is 10.3. The van der Waals surface area contributed by atoms with Gasteiger partial charge >= 0.3 is 0 Å². The number of aromatic nitrogens is 2. The summed E-state index contributed by atoms with van der Waals surface area (Å²) in [6.45, 7) is 0. The van der Waals surface area contributed by atoms with Crippen LogP contribution in [0.5, 0.6) is 0 Å². The third-order valence-corrected chi connectivity index (χ3v) is 17.9. The van der Waals surface area contributed by atoms with E-state index < -0.39 is 8.07 Å². The minimum Gasteiger partial charge on any atom is -0.307 e. The number of nitrogens with zero attached hydrogens (tertiary/aromatic N) is 2. The van der Waals surface area contributed by atoms with Gasteiger partial charge in [0.2, 0.25) is 0 Å².